The highest BCUT2D eigenvalue weighted by atomic mass is 16.5. The molecule has 0 aliphatic heterocycles. The molecule has 4 rings (SSSR count). The van der Waals surface area contributed by atoms with Crippen LogP contribution in [-0.4, -0.2) is 7.11 Å². The first kappa shape index (κ1) is 11.1. The minimum Gasteiger partial charge on any atom is -0.496 e. The molecule has 2 aliphatic rings. The molecule has 0 aromatic heterocycles. The van der Waals surface area contributed by atoms with Crippen LogP contribution < -0.4 is 4.74 Å². The molecule has 1 nitrogen and oxygen atoms in total. The molecule has 2 bridgehead atoms. The number of rotatable bonds is 2. The van der Waals surface area contributed by atoms with E-state index in [4.69, 9.17) is 4.74 Å². The number of benzene rings is 2. The zero-order valence-electron chi connectivity index (χ0n) is 11.2. The summed E-state index contributed by atoms with van der Waals surface area (Å²) in [6.45, 7) is 0. The molecular formula is C18H18O. The first-order valence-corrected chi connectivity index (χ1v) is 7.14. The fourth-order valence-corrected chi connectivity index (χ4v) is 3.77. The van der Waals surface area contributed by atoms with Gasteiger partial charge in [0.25, 0.3) is 0 Å². The lowest BCUT2D eigenvalue weighted by molar-refractivity contribution is 0.420. The molecule has 1 saturated carbocycles. The Morgan fingerprint density at radius 2 is 2.05 bits per heavy atom. The van der Waals surface area contributed by atoms with Crippen LogP contribution in [-0.2, 0) is 0 Å². The number of methoxy groups -OCH3 is 1. The highest BCUT2D eigenvalue weighted by Gasteiger charge is 2.33. The Balaban J connectivity index is 1.86. The SMILES string of the molecule is COc1cccc2ccc(C3=CC4CCC3C4)cc12. The summed E-state index contributed by atoms with van der Waals surface area (Å²) < 4.78 is 5.49. The maximum Gasteiger partial charge on any atom is 0.126 e. The van der Waals surface area contributed by atoms with Gasteiger partial charge in [0.1, 0.15) is 5.75 Å². The zero-order valence-corrected chi connectivity index (χ0v) is 11.2. The smallest absolute Gasteiger partial charge is 0.126 e. The van der Waals surface area contributed by atoms with Gasteiger partial charge in [-0.25, -0.2) is 0 Å². The van der Waals surface area contributed by atoms with Gasteiger partial charge in [-0.3, -0.25) is 0 Å². The van der Waals surface area contributed by atoms with Crippen molar-refractivity contribution in [2.75, 3.05) is 7.11 Å². The molecule has 0 heterocycles. The van der Waals surface area contributed by atoms with Gasteiger partial charge in [0.2, 0.25) is 0 Å². The van der Waals surface area contributed by atoms with Crippen molar-refractivity contribution in [3.05, 3.63) is 48.0 Å². The van der Waals surface area contributed by atoms with Gasteiger partial charge in [-0.05, 0) is 59.8 Å². The van der Waals surface area contributed by atoms with Crippen molar-refractivity contribution >= 4 is 16.3 Å². The molecular weight excluding hydrogens is 232 g/mol. The van der Waals surface area contributed by atoms with Crippen molar-refractivity contribution in [3.63, 3.8) is 0 Å². The fraction of sp³-hybridized carbons (Fsp3) is 0.333. The van der Waals surface area contributed by atoms with E-state index in [1.807, 2.05) is 6.07 Å². The standard InChI is InChI=1S/C18H18O/c1-19-18-4-2-3-13-7-8-15(11-17(13)18)16-10-12-5-6-14(16)9-12/h2-4,7-8,10-12,14H,5-6,9H2,1H3. The van der Waals surface area contributed by atoms with E-state index in [2.05, 4.69) is 36.4 Å². The predicted molar refractivity (Wildman–Crippen MR) is 79.3 cm³/mol. The van der Waals surface area contributed by atoms with Crippen molar-refractivity contribution in [1.82, 2.24) is 0 Å². The number of ether oxygens (including phenoxy) is 1. The summed E-state index contributed by atoms with van der Waals surface area (Å²) in [5.41, 5.74) is 2.97. The van der Waals surface area contributed by atoms with Gasteiger partial charge in [-0.15, -0.1) is 0 Å². The lowest BCUT2D eigenvalue weighted by Crippen LogP contribution is -1.96. The van der Waals surface area contributed by atoms with Gasteiger partial charge in [0.05, 0.1) is 7.11 Å². The van der Waals surface area contributed by atoms with E-state index in [9.17, 15) is 0 Å². The highest BCUT2D eigenvalue weighted by molar-refractivity contribution is 5.91. The summed E-state index contributed by atoms with van der Waals surface area (Å²) in [5.74, 6) is 2.62. The minimum absolute atomic E-state index is 0.803. The molecule has 2 atom stereocenters. The van der Waals surface area contributed by atoms with Crippen molar-refractivity contribution in [2.24, 2.45) is 11.8 Å². The number of hydrogen-bond acceptors (Lipinski definition) is 1. The van der Waals surface area contributed by atoms with Crippen LogP contribution in [0.4, 0.5) is 0 Å². The van der Waals surface area contributed by atoms with Crippen molar-refractivity contribution in [3.8, 4) is 5.75 Å². The molecule has 19 heavy (non-hydrogen) atoms. The summed E-state index contributed by atoms with van der Waals surface area (Å²) >= 11 is 0. The molecule has 2 aliphatic carbocycles. The van der Waals surface area contributed by atoms with Crippen LogP contribution in [0, 0.1) is 11.8 Å². The van der Waals surface area contributed by atoms with Crippen molar-refractivity contribution in [2.45, 2.75) is 19.3 Å². The van der Waals surface area contributed by atoms with E-state index in [1.54, 1.807) is 12.7 Å². The molecule has 96 valence electrons. The third-order valence-corrected chi connectivity index (χ3v) is 4.72. The molecule has 1 heteroatoms. The first-order valence-electron chi connectivity index (χ1n) is 7.14. The molecule has 2 aromatic carbocycles. The number of fused-ring (bicyclic) bond motifs is 3. The molecule has 0 spiro atoms. The van der Waals surface area contributed by atoms with Crippen LogP contribution in [0.2, 0.25) is 0 Å². The zero-order chi connectivity index (χ0) is 12.8. The van der Waals surface area contributed by atoms with Crippen LogP contribution in [0.1, 0.15) is 24.8 Å². The monoisotopic (exact) mass is 250 g/mol. The normalized spacial score (nSPS) is 24.8. The second kappa shape index (κ2) is 4.12. The van der Waals surface area contributed by atoms with Gasteiger partial charge < -0.3 is 4.74 Å². The van der Waals surface area contributed by atoms with Crippen LogP contribution in [0.5, 0.6) is 5.75 Å². The van der Waals surface area contributed by atoms with Gasteiger partial charge in [0.15, 0.2) is 0 Å². The van der Waals surface area contributed by atoms with E-state index >= 15 is 0 Å². The lowest BCUT2D eigenvalue weighted by atomic mass is 9.91. The maximum atomic E-state index is 5.49. The Morgan fingerprint density at radius 3 is 2.79 bits per heavy atom. The van der Waals surface area contributed by atoms with E-state index in [1.165, 1.54) is 35.6 Å². The summed E-state index contributed by atoms with van der Waals surface area (Å²) in [7, 11) is 1.75. The lowest BCUT2D eigenvalue weighted by Gasteiger charge is -2.15. The van der Waals surface area contributed by atoms with Gasteiger partial charge >= 0.3 is 0 Å². The molecule has 0 N–H and O–H groups in total. The third kappa shape index (κ3) is 1.68. The molecule has 2 unspecified atom stereocenters. The minimum atomic E-state index is 0.803. The van der Waals surface area contributed by atoms with Crippen molar-refractivity contribution in [1.29, 1.82) is 0 Å². The van der Waals surface area contributed by atoms with Gasteiger partial charge in [-0.1, -0.05) is 30.3 Å². The highest BCUT2D eigenvalue weighted by Crippen LogP contribution is 2.48. The molecule has 0 saturated heterocycles. The Labute approximate surface area is 113 Å². The topological polar surface area (TPSA) is 9.23 Å². The van der Waals surface area contributed by atoms with E-state index < -0.39 is 0 Å². The van der Waals surface area contributed by atoms with E-state index in [-0.39, 0.29) is 0 Å². The van der Waals surface area contributed by atoms with E-state index in [0.29, 0.717) is 0 Å². The largest absolute Gasteiger partial charge is 0.496 e. The molecule has 0 amide bonds. The van der Waals surface area contributed by atoms with E-state index in [0.717, 1.165) is 17.6 Å². The Hall–Kier alpha value is -1.76. The Bertz CT molecular complexity index is 668. The first-order chi connectivity index (χ1) is 9.35. The summed E-state index contributed by atoms with van der Waals surface area (Å²) in [6, 6.07) is 13.0. The predicted octanol–water partition coefficient (Wildman–Crippen LogP) is 4.66. The Kier molecular flexibility index (Phi) is 2.41. The van der Waals surface area contributed by atoms with Gasteiger partial charge in [-0.2, -0.15) is 0 Å². The van der Waals surface area contributed by atoms with Crippen LogP contribution in [0.3, 0.4) is 0 Å². The summed E-state index contributed by atoms with van der Waals surface area (Å²) in [4.78, 5) is 0. The molecule has 0 radical (unpaired) electrons. The average molecular weight is 250 g/mol. The second-order valence-electron chi connectivity index (χ2n) is 5.79. The summed E-state index contributed by atoms with van der Waals surface area (Å²) in [5, 5.41) is 2.48. The molecule has 1 fully saturated rings. The van der Waals surface area contributed by atoms with Crippen LogP contribution in [0.15, 0.2) is 42.5 Å². The van der Waals surface area contributed by atoms with Crippen molar-refractivity contribution < 1.29 is 4.74 Å². The molecule has 2 aromatic rings. The third-order valence-electron chi connectivity index (χ3n) is 4.72. The average Bonchev–Trinajstić information content (AvgIpc) is 3.08. The fourth-order valence-electron chi connectivity index (χ4n) is 3.77. The quantitative estimate of drug-likeness (QED) is 0.753. The van der Waals surface area contributed by atoms with Crippen LogP contribution >= 0.6 is 0 Å². The second-order valence-corrected chi connectivity index (χ2v) is 5.79. The van der Waals surface area contributed by atoms with Gasteiger partial charge in [0, 0.05) is 5.39 Å². The Morgan fingerprint density at radius 1 is 1.11 bits per heavy atom. The summed E-state index contributed by atoms with van der Waals surface area (Å²) in [6.07, 6.45) is 6.65. The number of hydrogen-bond donors (Lipinski definition) is 0. The maximum absolute atomic E-state index is 5.49. The van der Waals surface area contributed by atoms with Crippen LogP contribution in [0.25, 0.3) is 16.3 Å². The number of allylic oxidation sites excluding steroid dienone is 2.